The van der Waals surface area contributed by atoms with Gasteiger partial charge in [-0.25, -0.2) is 0 Å². The number of halogens is 1. The van der Waals surface area contributed by atoms with Crippen LogP contribution in [0, 0.1) is 5.92 Å². The Balaban J connectivity index is 1.41. The number of aromatic nitrogens is 1. The van der Waals surface area contributed by atoms with E-state index in [1.807, 2.05) is 42.6 Å². The van der Waals surface area contributed by atoms with E-state index >= 15 is 0 Å². The lowest BCUT2D eigenvalue weighted by atomic mass is 9.96. The summed E-state index contributed by atoms with van der Waals surface area (Å²) in [5.74, 6) is 0.572. The number of pyridine rings is 1. The van der Waals surface area contributed by atoms with Crippen LogP contribution in [0.4, 0.5) is 0 Å². The average Bonchev–Trinajstić information content (AvgIpc) is 2.62. The van der Waals surface area contributed by atoms with Crippen LogP contribution in [0.5, 0.6) is 0 Å². The first kappa shape index (κ1) is 17.1. The second-order valence-electron chi connectivity index (χ2n) is 6.26. The molecule has 0 unspecified atom stereocenters. The molecule has 5 heteroatoms. The van der Waals surface area contributed by atoms with Gasteiger partial charge in [-0.05, 0) is 68.2 Å². The standard InChI is InChI=1S/C19H22BrN3O/c20-17-6-4-16(5-7-17)19(24)22-13-15-8-11-23(12-9-15)14-18-3-1-2-10-21-18/h1-7,10,15H,8-9,11-14H2,(H,22,24). The van der Waals surface area contributed by atoms with Gasteiger partial charge < -0.3 is 5.32 Å². The lowest BCUT2D eigenvalue weighted by Gasteiger charge is -2.31. The fourth-order valence-corrected chi connectivity index (χ4v) is 3.27. The minimum Gasteiger partial charge on any atom is -0.352 e. The Kier molecular flexibility index (Phi) is 5.99. The van der Waals surface area contributed by atoms with Crippen molar-refractivity contribution in [1.82, 2.24) is 15.2 Å². The number of nitrogens with zero attached hydrogens (tertiary/aromatic N) is 2. The molecule has 0 spiro atoms. The van der Waals surface area contributed by atoms with E-state index in [0.717, 1.165) is 49.2 Å². The number of likely N-dealkylation sites (tertiary alicyclic amines) is 1. The molecule has 1 aliphatic heterocycles. The van der Waals surface area contributed by atoms with Crippen molar-refractivity contribution in [3.8, 4) is 0 Å². The number of carbonyl (C=O) groups excluding carboxylic acids is 1. The molecule has 1 aromatic heterocycles. The molecule has 4 nitrogen and oxygen atoms in total. The average molecular weight is 388 g/mol. The van der Waals surface area contributed by atoms with Crippen LogP contribution in [0.3, 0.4) is 0 Å². The highest BCUT2D eigenvalue weighted by Gasteiger charge is 2.20. The highest BCUT2D eigenvalue weighted by Crippen LogP contribution is 2.18. The number of piperidine rings is 1. The number of nitrogens with one attached hydrogen (secondary N) is 1. The second-order valence-corrected chi connectivity index (χ2v) is 7.17. The number of hydrogen-bond acceptors (Lipinski definition) is 3. The van der Waals surface area contributed by atoms with Crippen molar-refractivity contribution < 1.29 is 4.79 Å². The van der Waals surface area contributed by atoms with Crippen LogP contribution in [-0.2, 0) is 6.54 Å². The van der Waals surface area contributed by atoms with Crippen LogP contribution in [0.2, 0.25) is 0 Å². The monoisotopic (exact) mass is 387 g/mol. The van der Waals surface area contributed by atoms with E-state index in [-0.39, 0.29) is 5.91 Å². The molecule has 1 aliphatic rings. The summed E-state index contributed by atoms with van der Waals surface area (Å²) in [6.45, 7) is 3.80. The van der Waals surface area contributed by atoms with Crippen LogP contribution < -0.4 is 5.32 Å². The van der Waals surface area contributed by atoms with Crippen molar-refractivity contribution in [2.24, 2.45) is 5.92 Å². The van der Waals surface area contributed by atoms with E-state index in [1.165, 1.54) is 0 Å². The molecular weight excluding hydrogens is 366 g/mol. The highest BCUT2D eigenvalue weighted by molar-refractivity contribution is 9.10. The normalized spacial score (nSPS) is 16.0. The van der Waals surface area contributed by atoms with Crippen LogP contribution in [0.25, 0.3) is 0 Å². The van der Waals surface area contributed by atoms with Gasteiger partial charge in [-0.1, -0.05) is 22.0 Å². The predicted molar refractivity (Wildman–Crippen MR) is 98.7 cm³/mol. The molecule has 1 fully saturated rings. The number of hydrogen-bond donors (Lipinski definition) is 1. The first-order valence-corrected chi connectivity index (χ1v) is 9.16. The Morgan fingerprint density at radius 3 is 2.58 bits per heavy atom. The molecule has 24 heavy (non-hydrogen) atoms. The van der Waals surface area contributed by atoms with Crippen molar-refractivity contribution in [2.45, 2.75) is 19.4 Å². The summed E-state index contributed by atoms with van der Waals surface area (Å²) in [5.41, 5.74) is 1.84. The van der Waals surface area contributed by atoms with Gasteiger partial charge in [0.1, 0.15) is 0 Å². The van der Waals surface area contributed by atoms with Crippen molar-refractivity contribution >= 4 is 21.8 Å². The molecule has 0 saturated carbocycles. The van der Waals surface area contributed by atoms with Crippen LogP contribution in [0.1, 0.15) is 28.9 Å². The van der Waals surface area contributed by atoms with Crippen molar-refractivity contribution in [3.05, 3.63) is 64.4 Å². The first-order valence-electron chi connectivity index (χ1n) is 8.37. The van der Waals surface area contributed by atoms with E-state index in [1.54, 1.807) is 0 Å². The van der Waals surface area contributed by atoms with Gasteiger partial charge in [-0.3, -0.25) is 14.7 Å². The van der Waals surface area contributed by atoms with Gasteiger partial charge >= 0.3 is 0 Å². The summed E-state index contributed by atoms with van der Waals surface area (Å²) in [4.78, 5) is 19.0. The van der Waals surface area contributed by atoms with E-state index in [4.69, 9.17) is 0 Å². The Morgan fingerprint density at radius 2 is 1.92 bits per heavy atom. The van der Waals surface area contributed by atoms with Crippen LogP contribution in [0.15, 0.2) is 53.1 Å². The molecule has 0 bridgehead atoms. The molecule has 0 atom stereocenters. The summed E-state index contributed by atoms with van der Waals surface area (Å²) < 4.78 is 0.985. The van der Waals surface area contributed by atoms with Gasteiger partial charge in [-0.2, -0.15) is 0 Å². The van der Waals surface area contributed by atoms with E-state index in [2.05, 4.69) is 37.2 Å². The summed E-state index contributed by atoms with van der Waals surface area (Å²) >= 11 is 3.38. The zero-order valence-corrected chi connectivity index (χ0v) is 15.2. The lowest BCUT2D eigenvalue weighted by Crippen LogP contribution is -2.38. The molecule has 0 radical (unpaired) electrons. The molecule has 1 aromatic carbocycles. The Bertz CT molecular complexity index is 652. The highest BCUT2D eigenvalue weighted by atomic mass is 79.9. The number of rotatable bonds is 5. The molecule has 2 aromatic rings. The lowest BCUT2D eigenvalue weighted by molar-refractivity contribution is 0.0935. The minimum absolute atomic E-state index is 0.0124. The second kappa shape index (κ2) is 8.40. The van der Waals surface area contributed by atoms with Gasteiger partial charge in [0.15, 0.2) is 0 Å². The Hall–Kier alpha value is -1.72. The van der Waals surface area contributed by atoms with Gasteiger partial charge in [0, 0.05) is 29.3 Å². The van der Waals surface area contributed by atoms with E-state index < -0.39 is 0 Å². The maximum atomic E-state index is 12.2. The van der Waals surface area contributed by atoms with Crippen LogP contribution >= 0.6 is 15.9 Å². The third kappa shape index (κ3) is 4.89. The number of amides is 1. The Morgan fingerprint density at radius 1 is 1.17 bits per heavy atom. The largest absolute Gasteiger partial charge is 0.352 e. The molecule has 1 saturated heterocycles. The molecule has 126 valence electrons. The zero-order valence-electron chi connectivity index (χ0n) is 13.6. The zero-order chi connectivity index (χ0) is 16.8. The van der Waals surface area contributed by atoms with E-state index in [9.17, 15) is 4.79 Å². The third-order valence-corrected chi connectivity index (χ3v) is 5.01. The maximum absolute atomic E-state index is 12.2. The SMILES string of the molecule is O=C(NCC1CCN(Cc2ccccn2)CC1)c1ccc(Br)cc1. The maximum Gasteiger partial charge on any atom is 0.251 e. The molecule has 2 heterocycles. The molecule has 1 amide bonds. The summed E-state index contributed by atoms with van der Waals surface area (Å²) in [7, 11) is 0. The van der Waals surface area contributed by atoms with Crippen LogP contribution in [-0.4, -0.2) is 35.4 Å². The quantitative estimate of drug-likeness (QED) is 0.853. The van der Waals surface area contributed by atoms with Gasteiger partial charge in [-0.15, -0.1) is 0 Å². The summed E-state index contributed by atoms with van der Waals surface area (Å²) in [6.07, 6.45) is 4.08. The fourth-order valence-electron chi connectivity index (χ4n) is 3.01. The molecular formula is C19H22BrN3O. The Labute approximate surface area is 151 Å². The minimum atomic E-state index is 0.0124. The smallest absolute Gasteiger partial charge is 0.251 e. The number of benzene rings is 1. The third-order valence-electron chi connectivity index (χ3n) is 4.48. The first-order chi connectivity index (χ1) is 11.7. The van der Waals surface area contributed by atoms with Crippen molar-refractivity contribution in [1.29, 1.82) is 0 Å². The molecule has 0 aliphatic carbocycles. The fraction of sp³-hybridized carbons (Fsp3) is 0.368. The van der Waals surface area contributed by atoms with Crippen molar-refractivity contribution in [2.75, 3.05) is 19.6 Å². The van der Waals surface area contributed by atoms with Gasteiger partial charge in [0.05, 0.1) is 5.69 Å². The summed E-state index contributed by atoms with van der Waals surface area (Å²) in [6, 6.07) is 13.5. The van der Waals surface area contributed by atoms with E-state index in [0.29, 0.717) is 11.5 Å². The topological polar surface area (TPSA) is 45.2 Å². The molecule has 1 N–H and O–H groups in total. The predicted octanol–water partition coefficient (Wildman–Crippen LogP) is 3.49. The summed E-state index contributed by atoms with van der Waals surface area (Å²) in [5, 5.41) is 3.07. The van der Waals surface area contributed by atoms with Crippen molar-refractivity contribution in [3.63, 3.8) is 0 Å². The van der Waals surface area contributed by atoms with Gasteiger partial charge in [0.2, 0.25) is 0 Å². The van der Waals surface area contributed by atoms with Gasteiger partial charge in [0.25, 0.3) is 5.91 Å². The number of carbonyl (C=O) groups is 1. The molecule has 3 rings (SSSR count).